The molecule has 2 N–H and O–H groups in total. The second-order valence-corrected chi connectivity index (χ2v) is 5.71. The van der Waals surface area contributed by atoms with Crippen LogP contribution in [0.25, 0.3) is 0 Å². The van der Waals surface area contributed by atoms with Crippen LogP contribution >= 0.6 is 0 Å². The molecule has 0 fully saturated rings. The first-order valence-electron chi connectivity index (χ1n) is 5.57. The molecule has 0 aliphatic rings. The predicted octanol–water partition coefficient (Wildman–Crippen LogP) is -0.137. The van der Waals surface area contributed by atoms with Crippen LogP contribution in [0.3, 0.4) is 0 Å². The number of H-pyrrole nitrogens is 1. The van der Waals surface area contributed by atoms with Crippen LogP contribution in [0.2, 0.25) is 0 Å². The van der Waals surface area contributed by atoms with E-state index in [9.17, 15) is 13.2 Å². The largest absolute Gasteiger partial charge is 0.345 e. The van der Waals surface area contributed by atoms with Crippen molar-refractivity contribution in [3.63, 3.8) is 0 Å². The fourth-order valence-electron chi connectivity index (χ4n) is 1.37. The van der Waals surface area contributed by atoms with Crippen molar-refractivity contribution in [1.29, 1.82) is 0 Å². The molecule has 0 bridgehead atoms. The first-order valence-corrected chi connectivity index (χ1v) is 7.05. The molecule has 1 rings (SSSR count). The molecular weight excluding hydrogens is 256 g/mol. The normalized spacial score (nSPS) is 13.3. The number of carbonyl (C=O) groups excluding carboxylic acids is 1. The van der Waals surface area contributed by atoms with Crippen molar-refractivity contribution in [2.75, 3.05) is 13.6 Å². The van der Waals surface area contributed by atoms with E-state index in [-0.39, 0.29) is 10.9 Å². The summed E-state index contributed by atoms with van der Waals surface area (Å²) in [6.07, 6.45) is 1.22. The molecular formula is C10H18N4O3S. The summed E-state index contributed by atoms with van der Waals surface area (Å²) in [7, 11) is -2.12. The average molecular weight is 274 g/mol. The van der Waals surface area contributed by atoms with Gasteiger partial charge < -0.3 is 9.88 Å². The number of amides is 1. The zero-order chi connectivity index (χ0) is 13.9. The van der Waals surface area contributed by atoms with E-state index in [1.165, 1.54) is 18.0 Å². The number of carbonyl (C=O) groups is 1. The first-order chi connectivity index (χ1) is 8.27. The summed E-state index contributed by atoms with van der Waals surface area (Å²) in [5, 5.41) is -0.0428. The van der Waals surface area contributed by atoms with Crippen molar-refractivity contribution in [2.45, 2.75) is 31.8 Å². The summed E-state index contributed by atoms with van der Waals surface area (Å²) in [5.41, 5.74) is 0. The average Bonchev–Trinajstić information content (AvgIpc) is 2.74. The number of nitrogens with one attached hydrogen (secondary N) is 2. The van der Waals surface area contributed by atoms with E-state index < -0.39 is 16.1 Å². The Kier molecular flexibility index (Phi) is 4.47. The second-order valence-electron chi connectivity index (χ2n) is 4.03. The number of aromatic nitrogens is 2. The van der Waals surface area contributed by atoms with E-state index in [1.807, 2.05) is 6.92 Å². The van der Waals surface area contributed by atoms with Gasteiger partial charge in [-0.2, -0.15) is 4.72 Å². The zero-order valence-electron chi connectivity index (χ0n) is 10.9. The molecule has 0 spiro atoms. The maximum atomic E-state index is 11.9. The minimum Gasteiger partial charge on any atom is -0.345 e. The number of rotatable bonds is 5. The van der Waals surface area contributed by atoms with Crippen molar-refractivity contribution in [3.05, 3.63) is 12.0 Å². The van der Waals surface area contributed by atoms with E-state index in [2.05, 4.69) is 14.7 Å². The third kappa shape index (κ3) is 3.30. The first kappa shape index (κ1) is 14.7. The van der Waals surface area contributed by atoms with Crippen LogP contribution in [-0.4, -0.2) is 48.8 Å². The summed E-state index contributed by atoms with van der Waals surface area (Å²) in [6, 6.07) is -0.816. The Bertz CT molecular complexity index is 523. The quantitative estimate of drug-likeness (QED) is 0.781. The molecule has 0 radical (unpaired) electrons. The Hall–Kier alpha value is -1.41. The molecule has 0 saturated heterocycles. The van der Waals surface area contributed by atoms with Crippen LogP contribution in [-0.2, 0) is 14.8 Å². The molecule has 0 aliphatic heterocycles. The highest BCUT2D eigenvalue weighted by molar-refractivity contribution is 7.89. The summed E-state index contributed by atoms with van der Waals surface area (Å²) in [5.74, 6) is 0.220. The molecule has 8 heteroatoms. The van der Waals surface area contributed by atoms with E-state index in [0.717, 1.165) is 0 Å². The van der Waals surface area contributed by atoms with E-state index in [0.29, 0.717) is 12.4 Å². The Morgan fingerprint density at radius 1 is 1.61 bits per heavy atom. The number of aromatic amines is 1. The van der Waals surface area contributed by atoms with Crippen molar-refractivity contribution >= 4 is 15.9 Å². The fraction of sp³-hybridized carbons (Fsp3) is 0.600. The third-order valence-corrected chi connectivity index (χ3v) is 3.97. The van der Waals surface area contributed by atoms with Gasteiger partial charge in [-0.3, -0.25) is 4.79 Å². The Morgan fingerprint density at radius 2 is 2.22 bits per heavy atom. The molecule has 1 unspecified atom stereocenters. The zero-order valence-corrected chi connectivity index (χ0v) is 11.7. The van der Waals surface area contributed by atoms with Crippen molar-refractivity contribution in [2.24, 2.45) is 0 Å². The summed E-state index contributed by atoms with van der Waals surface area (Å²) in [4.78, 5) is 19.6. The number of nitrogens with zero attached hydrogens (tertiary/aromatic N) is 2. The summed E-state index contributed by atoms with van der Waals surface area (Å²) < 4.78 is 26.1. The summed E-state index contributed by atoms with van der Waals surface area (Å²) in [6.45, 7) is 5.50. The predicted molar refractivity (Wildman–Crippen MR) is 66.4 cm³/mol. The molecule has 1 aromatic heterocycles. The van der Waals surface area contributed by atoms with Crippen LogP contribution in [0, 0.1) is 6.92 Å². The highest BCUT2D eigenvalue weighted by Crippen LogP contribution is 2.06. The smallest absolute Gasteiger partial charge is 0.258 e. The topological polar surface area (TPSA) is 95.2 Å². The third-order valence-electron chi connectivity index (χ3n) is 2.52. The van der Waals surface area contributed by atoms with Gasteiger partial charge >= 0.3 is 0 Å². The molecule has 1 amide bonds. The highest BCUT2D eigenvalue weighted by Gasteiger charge is 2.24. The number of imidazole rings is 1. The molecule has 102 valence electrons. The summed E-state index contributed by atoms with van der Waals surface area (Å²) >= 11 is 0. The molecule has 0 aromatic carbocycles. The molecule has 1 aromatic rings. The van der Waals surface area contributed by atoms with Gasteiger partial charge in [0, 0.05) is 13.6 Å². The number of hydrogen-bond donors (Lipinski definition) is 2. The molecule has 1 heterocycles. The maximum absolute atomic E-state index is 11.9. The van der Waals surface area contributed by atoms with Crippen molar-refractivity contribution in [1.82, 2.24) is 19.6 Å². The highest BCUT2D eigenvalue weighted by atomic mass is 32.2. The Balaban J connectivity index is 2.81. The van der Waals surface area contributed by atoms with Gasteiger partial charge in [0.1, 0.15) is 5.82 Å². The second kappa shape index (κ2) is 5.49. The van der Waals surface area contributed by atoms with Gasteiger partial charge in [-0.25, -0.2) is 13.4 Å². The van der Waals surface area contributed by atoms with Crippen LogP contribution < -0.4 is 4.72 Å². The van der Waals surface area contributed by atoms with Gasteiger partial charge in [0.05, 0.1) is 12.2 Å². The lowest BCUT2D eigenvalue weighted by atomic mass is 10.3. The van der Waals surface area contributed by atoms with E-state index in [1.54, 1.807) is 14.0 Å². The van der Waals surface area contributed by atoms with Crippen molar-refractivity contribution in [3.8, 4) is 0 Å². The van der Waals surface area contributed by atoms with Crippen LogP contribution in [0.15, 0.2) is 11.2 Å². The molecule has 0 aliphatic carbocycles. The van der Waals surface area contributed by atoms with Gasteiger partial charge in [-0.15, -0.1) is 0 Å². The SMILES string of the molecule is CCN(C)C(=O)C(C)NS(=O)(=O)c1cnc(C)[nH]1. The lowest BCUT2D eigenvalue weighted by Gasteiger charge is -2.20. The van der Waals surface area contributed by atoms with Gasteiger partial charge in [0.25, 0.3) is 10.0 Å². The number of likely N-dealkylation sites (N-methyl/N-ethyl adjacent to an activating group) is 1. The Labute approximate surface area is 107 Å². The lowest BCUT2D eigenvalue weighted by Crippen LogP contribution is -2.45. The van der Waals surface area contributed by atoms with Crippen molar-refractivity contribution < 1.29 is 13.2 Å². The molecule has 7 nitrogen and oxygen atoms in total. The van der Waals surface area contributed by atoms with Gasteiger partial charge in [0.15, 0.2) is 5.03 Å². The minimum absolute atomic E-state index is 0.0428. The minimum atomic E-state index is -3.74. The monoisotopic (exact) mass is 274 g/mol. The number of aryl methyl sites for hydroxylation is 1. The van der Waals surface area contributed by atoms with Crippen LogP contribution in [0.4, 0.5) is 0 Å². The lowest BCUT2D eigenvalue weighted by molar-refractivity contribution is -0.131. The maximum Gasteiger partial charge on any atom is 0.258 e. The number of sulfonamides is 1. The Morgan fingerprint density at radius 3 is 2.67 bits per heavy atom. The standard InChI is InChI=1S/C10H18N4O3S/c1-5-14(4)10(15)7(2)13-18(16,17)9-6-11-8(3)12-9/h6-7,13H,5H2,1-4H3,(H,11,12). The molecule has 1 atom stereocenters. The van der Waals surface area contributed by atoms with Crippen LogP contribution in [0.5, 0.6) is 0 Å². The van der Waals surface area contributed by atoms with Gasteiger partial charge in [-0.1, -0.05) is 0 Å². The molecule has 0 saturated carbocycles. The van der Waals surface area contributed by atoms with E-state index >= 15 is 0 Å². The van der Waals surface area contributed by atoms with E-state index in [4.69, 9.17) is 0 Å². The fourth-order valence-corrected chi connectivity index (χ4v) is 2.53. The molecule has 18 heavy (non-hydrogen) atoms. The van der Waals surface area contributed by atoms with Gasteiger partial charge in [-0.05, 0) is 20.8 Å². The van der Waals surface area contributed by atoms with Crippen LogP contribution in [0.1, 0.15) is 19.7 Å². The van der Waals surface area contributed by atoms with Gasteiger partial charge in [0.2, 0.25) is 5.91 Å². The number of hydrogen-bond acceptors (Lipinski definition) is 4.